The lowest BCUT2D eigenvalue weighted by Gasteiger charge is -2.36. The van der Waals surface area contributed by atoms with Crippen LogP contribution in [-0.4, -0.2) is 146 Å². The fraction of sp³-hybridized carbons (Fsp3) is 0.514. The molecule has 1 saturated carbocycles. The van der Waals surface area contributed by atoms with E-state index >= 15 is 0 Å². The molecule has 18 nitrogen and oxygen atoms in total. The summed E-state index contributed by atoms with van der Waals surface area (Å²) in [6.07, 6.45) is 14.7. The molecule has 8 amide bonds. The highest BCUT2D eigenvalue weighted by atomic mass is 16.2. The quantitative estimate of drug-likeness (QED) is 0.0213. The molecule has 3 fully saturated rings. The maximum absolute atomic E-state index is 14.8. The fourth-order valence-electron chi connectivity index (χ4n) is 13.2. The molecule has 0 unspecified atom stereocenters. The Bertz CT molecular complexity index is 2880. The van der Waals surface area contributed by atoms with Gasteiger partial charge in [-0.05, 0) is 139 Å². The second-order valence-corrected chi connectivity index (χ2v) is 24.3. The number of likely N-dealkylation sites (N-methyl/N-ethyl adjacent to an activating group) is 2. The van der Waals surface area contributed by atoms with Crippen LogP contribution < -0.4 is 42.5 Å². The minimum Gasteiger partial charge on any atom is -0.354 e. The minimum absolute atomic E-state index is 0.0469. The molecule has 4 aromatic rings. The van der Waals surface area contributed by atoms with Crippen molar-refractivity contribution in [3.63, 3.8) is 0 Å². The van der Waals surface area contributed by atoms with E-state index in [0.29, 0.717) is 84.0 Å². The van der Waals surface area contributed by atoms with Crippen LogP contribution in [0.3, 0.4) is 0 Å². The molecule has 18 heteroatoms. The lowest BCUT2D eigenvalue weighted by molar-refractivity contribution is -0.143. The van der Waals surface area contributed by atoms with Crippen molar-refractivity contribution in [1.29, 1.82) is 0 Å². The van der Waals surface area contributed by atoms with E-state index in [1.54, 1.807) is 37.7 Å². The van der Waals surface area contributed by atoms with Crippen LogP contribution in [0.1, 0.15) is 157 Å². The zero-order valence-corrected chi connectivity index (χ0v) is 52.0. The standard InChI is InChI=1S/C70H94N10O8/c1-47(71-3)63(81)75-59(53-37-21-11-22-38-53)69(87)79-45-27-41-55(79)65(83)77-61(57(49-29-13-7-14-30-49)50-31-15-8-16-32-50)67(85)73-43-25-5-6-26-44-74-68(86)62(58(51-33-17-9-18-34-51)52-35-19-10-20-36-52)78-66(84)56-42-28-46-80(56)70(88)60(54-39-23-12-24-40-54)76-64(82)48(2)72-4/h7-10,13-20,29-37,47-48,54-62,71-72H,5-6,11-12,21-28,38-46H2,1-4H3,(H,73,85)(H,74,86)(H,75,81)(H,76,82)(H,77,83)(H,78,84)/t47-,48-,55-,56-,59-,60-,61-,62-/m0/s1. The summed E-state index contributed by atoms with van der Waals surface area (Å²) in [6.45, 7) is 4.82. The SMILES string of the molecule is CN[C@@H](C)C(=O)N[C@H](C(=O)N1CCC[C@H]1C(=O)N[C@H](C(=O)NCCCCCCNC(=O)[C@@H](NC(=O)[C@@H]1CCCN1C(=O)[C@@H](NC(=O)[C@H](C)NC)C1CCCCC1)C(c1ccccc1)c1ccccc1)C(c1ccccc1)c1ccccc1)C1=CCCCC1. The Balaban J connectivity index is 0.923. The van der Waals surface area contributed by atoms with Crippen molar-refractivity contribution in [1.82, 2.24) is 52.3 Å². The number of allylic oxidation sites excluding steroid dienone is 1. The van der Waals surface area contributed by atoms with Crippen molar-refractivity contribution < 1.29 is 38.4 Å². The van der Waals surface area contributed by atoms with E-state index in [4.69, 9.17) is 0 Å². The van der Waals surface area contributed by atoms with Crippen LogP contribution in [0.15, 0.2) is 133 Å². The Labute approximate surface area is 520 Å². The van der Waals surface area contributed by atoms with Crippen LogP contribution in [0.4, 0.5) is 0 Å². The largest absolute Gasteiger partial charge is 0.354 e. The molecule has 472 valence electrons. The highest BCUT2D eigenvalue weighted by Gasteiger charge is 2.45. The Morgan fingerprint density at radius 2 is 0.875 bits per heavy atom. The summed E-state index contributed by atoms with van der Waals surface area (Å²) in [6, 6.07) is 32.0. The van der Waals surface area contributed by atoms with Gasteiger partial charge in [-0.1, -0.05) is 160 Å². The molecule has 0 bridgehead atoms. The lowest BCUT2D eigenvalue weighted by Crippen LogP contribution is -2.59. The van der Waals surface area contributed by atoms with E-state index in [1.807, 2.05) is 127 Å². The van der Waals surface area contributed by atoms with Gasteiger partial charge >= 0.3 is 0 Å². The third kappa shape index (κ3) is 17.5. The first kappa shape index (κ1) is 66.3. The summed E-state index contributed by atoms with van der Waals surface area (Å²) in [4.78, 5) is 118. The van der Waals surface area contributed by atoms with Crippen molar-refractivity contribution in [2.24, 2.45) is 5.92 Å². The number of carbonyl (C=O) groups excluding carboxylic acids is 8. The molecule has 2 saturated heterocycles. The highest BCUT2D eigenvalue weighted by Crippen LogP contribution is 2.34. The van der Waals surface area contributed by atoms with Crippen LogP contribution >= 0.6 is 0 Å². The molecule has 8 N–H and O–H groups in total. The topological polar surface area (TPSA) is 239 Å². The van der Waals surface area contributed by atoms with Crippen LogP contribution in [-0.2, 0) is 38.4 Å². The van der Waals surface area contributed by atoms with E-state index in [-0.39, 0.29) is 41.4 Å². The molecule has 2 aliphatic heterocycles. The molecule has 0 spiro atoms. The second kappa shape index (κ2) is 33.6. The number of benzene rings is 4. The number of nitrogens with one attached hydrogen (secondary N) is 8. The van der Waals surface area contributed by atoms with Gasteiger partial charge in [0.05, 0.1) is 12.1 Å². The van der Waals surface area contributed by atoms with Gasteiger partial charge in [0.2, 0.25) is 47.3 Å². The second-order valence-electron chi connectivity index (χ2n) is 24.3. The van der Waals surface area contributed by atoms with Gasteiger partial charge in [-0.2, -0.15) is 0 Å². The van der Waals surface area contributed by atoms with E-state index in [1.165, 1.54) is 0 Å². The summed E-state index contributed by atoms with van der Waals surface area (Å²) in [5.41, 5.74) is 4.19. The Kier molecular flexibility index (Phi) is 25.3. The molecule has 88 heavy (non-hydrogen) atoms. The Hall–Kier alpha value is -7.70. The number of carbonyl (C=O) groups is 8. The predicted octanol–water partition coefficient (Wildman–Crippen LogP) is 6.66. The molecular weight excluding hydrogens is 1110 g/mol. The third-order valence-electron chi connectivity index (χ3n) is 18.4. The maximum atomic E-state index is 14.8. The monoisotopic (exact) mass is 1200 g/mol. The van der Waals surface area contributed by atoms with Crippen LogP contribution in [0.25, 0.3) is 0 Å². The first-order valence-corrected chi connectivity index (χ1v) is 32.4. The molecule has 4 aliphatic rings. The fourth-order valence-corrected chi connectivity index (χ4v) is 13.2. The third-order valence-corrected chi connectivity index (χ3v) is 18.4. The Morgan fingerprint density at radius 1 is 0.455 bits per heavy atom. The number of nitrogens with zero attached hydrogens (tertiary/aromatic N) is 2. The zero-order chi connectivity index (χ0) is 62.4. The van der Waals surface area contributed by atoms with E-state index < -0.39 is 72.0 Å². The highest BCUT2D eigenvalue weighted by molar-refractivity contribution is 5.98. The summed E-state index contributed by atoms with van der Waals surface area (Å²) in [7, 11) is 3.39. The van der Waals surface area contributed by atoms with Gasteiger partial charge in [-0.15, -0.1) is 0 Å². The number of hydrogen-bond donors (Lipinski definition) is 8. The number of amides is 8. The molecule has 2 aliphatic carbocycles. The smallest absolute Gasteiger partial charge is 0.250 e. The average Bonchev–Trinajstić information content (AvgIpc) is 4.40. The van der Waals surface area contributed by atoms with Gasteiger partial charge in [0.1, 0.15) is 36.3 Å². The minimum atomic E-state index is -1.06. The van der Waals surface area contributed by atoms with E-state index in [9.17, 15) is 38.4 Å². The van der Waals surface area contributed by atoms with Gasteiger partial charge in [-0.25, -0.2) is 0 Å². The van der Waals surface area contributed by atoms with E-state index in [2.05, 4.69) is 42.5 Å². The van der Waals surface area contributed by atoms with Gasteiger partial charge in [-0.3, -0.25) is 38.4 Å². The number of hydrogen-bond acceptors (Lipinski definition) is 10. The summed E-state index contributed by atoms with van der Waals surface area (Å²) >= 11 is 0. The molecule has 2 heterocycles. The van der Waals surface area contributed by atoms with Crippen molar-refractivity contribution in [3.8, 4) is 0 Å². The van der Waals surface area contributed by atoms with Gasteiger partial charge < -0.3 is 52.3 Å². The summed E-state index contributed by atoms with van der Waals surface area (Å²) < 4.78 is 0. The first-order chi connectivity index (χ1) is 42.8. The molecule has 8 rings (SSSR count). The molecular formula is C70H94N10O8. The number of unbranched alkanes of at least 4 members (excludes halogenated alkanes) is 3. The van der Waals surface area contributed by atoms with E-state index in [0.717, 1.165) is 79.2 Å². The van der Waals surface area contributed by atoms with Crippen LogP contribution in [0, 0.1) is 5.92 Å². The number of likely N-dealkylation sites (tertiary alicyclic amines) is 2. The van der Waals surface area contributed by atoms with Gasteiger partial charge in [0.15, 0.2) is 0 Å². The molecule has 0 radical (unpaired) electrons. The zero-order valence-electron chi connectivity index (χ0n) is 52.0. The normalized spacial score (nSPS) is 19.1. The molecule has 0 aromatic heterocycles. The average molecular weight is 1200 g/mol. The van der Waals surface area contributed by atoms with Gasteiger partial charge in [0.25, 0.3) is 0 Å². The van der Waals surface area contributed by atoms with Crippen molar-refractivity contribution in [3.05, 3.63) is 155 Å². The first-order valence-electron chi connectivity index (χ1n) is 32.4. The van der Waals surface area contributed by atoms with Crippen molar-refractivity contribution >= 4 is 47.3 Å². The maximum Gasteiger partial charge on any atom is 0.250 e. The number of rotatable bonds is 29. The van der Waals surface area contributed by atoms with Crippen LogP contribution in [0.5, 0.6) is 0 Å². The van der Waals surface area contributed by atoms with Gasteiger partial charge in [0, 0.05) is 38.0 Å². The predicted molar refractivity (Wildman–Crippen MR) is 341 cm³/mol. The molecule has 4 aromatic carbocycles. The van der Waals surface area contributed by atoms with Crippen molar-refractivity contribution in [2.45, 2.75) is 183 Å². The Morgan fingerprint density at radius 3 is 1.28 bits per heavy atom. The summed E-state index contributed by atoms with van der Waals surface area (Å²) in [5.74, 6) is -3.95. The lowest BCUT2D eigenvalue weighted by atomic mass is 9.83. The van der Waals surface area contributed by atoms with Crippen LogP contribution in [0.2, 0.25) is 0 Å². The van der Waals surface area contributed by atoms with Crippen molar-refractivity contribution in [2.75, 3.05) is 40.3 Å². The summed E-state index contributed by atoms with van der Waals surface area (Å²) in [5, 5.41) is 24.6. The molecule has 8 atom stereocenters.